The van der Waals surface area contributed by atoms with E-state index in [0.717, 1.165) is 5.69 Å². The van der Waals surface area contributed by atoms with Crippen LogP contribution in [0.2, 0.25) is 0 Å². The van der Waals surface area contributed by atoms with Crippen LogP contribution in [0.1, 0.15) is 0 Å². The number of benzene rings is 9. The summed E-state index contributed by atoms with van der Waals surface area (Å²) in [7, 11) is 0. The Morgan fingerprint density at radius 3 is 1.33 bits per heavy atom. The molecular weight excluding hydrogens is 615 g/mol. The summed E-state index contributed by atoms with van der Waals surface area (Å²) in [6.45, 7) is 0. The van der Waals surface area contributed by atoms with Crippen LogP contribution in [0.4, 0.5) is 0 Å². The summed E-state index contributed by atoms with van der Waals surface area (Å²) < 4.78 is 2.43. The maximum absolute atomic E-state index is 2.43. The first kappa shape index (κ1) is 29.2. The summed E-state index contributed by atoms with van der Waals surface area (Å²) in [5, 5.41) is 7.55. The third-order valence-corrected chi connectivity index (χ3v) is 10.4. The molecule has 238 valence electrons. The fourth-order valence-electron chi connectivity index (χ4n) is 8.17. The lowest BCUT2D eigenvalue weighted by atomic mass is 9.85. The van der Waals surface area contributed by atoms with Crippen LogP contribution in [0.3, 0.4) is 0 Å². The number of nitrogens with zero attached hydrogens (tertiary/aromatic N) is 1. The Morgan fingerprint density at radius 1 is 0.275 bits per heavy atom. The Balaban J connectivity index is 1.22. The number of hydrogen-bond donors (Lipinski definition) is 0. The molecule has 0 bridgehead atoms. The number of aromatic nitrogens is 1. The first-order chi connectivity index (χ1) is 25.3. The molecule has 0 saturated carbocycles. The van der Waals surface area contributed by atoms with Gasteiger partial charge in [0, 0.05) is 22.0 Å². The van der Waals surface area contributed by atoms with Crippen molar-refractivity contribution in [3.8, 4) is 50.2 Å². The molecule has 51 heavy (non-hydrogen) atoms. The molecule has 0 spiro atoms. The molecule has 0 unspecified atom stereocenters. The van der Waals surface area contributed by atoms with E-state index in [1.54, 1.807) is 0 Å². The van der Waals surface area contributed by atoms with E-state index in [0.29, 0.717) is 0 Å². The van der Waals surface area contributed by atoms with Crippen LogP contribution in [-0.2, 0) is 0 Å². The van der Waals surface area contributed by atoms with Crippen molar-refractivity contribution in [2.24, 2.45) is 0 Å². The van der Waals surface area contributed by atoms with E-state index in [9.17, 15) is 0 Å². The minimum atomic E-state index is 1.16. The molecule has 10 aromatic rings. The van der Waals surface area contributed by atoms with Gasteiger partial charge in [-0.2, -0.15) is 0 Å². The minimum Gasteiger partial charge on any atom is -0.309 e. The number of rotatable bonds is 5. The summed E-state index contributed by atoms with van der Waals surface area (Å²) in [6.07, 6.45) is 0. The molecule has 1 nitrogen and oxygen atoms in total. The smallest absolute Gasteiger partial charge is 0.0619 e. The summed E-state index contributed by atoms with van der Waals surface area (Å²) in [5.74, 6) is 0. The van der Waals surface area contributed by atoms with Crippen molar-refractivity contribution >= 4 is 43.4 Å². The maximum Gasteiger partial charge on any atom is 0.0619 e. The zero-order valence-corrected chi connectivity index (χ0v) is 28.0. The molecule has 0 fully saturated rings. The highest BCUT2D eigenvalue weighted by Gasteiger charge is 2.19. The van der Waals surface area contributed by atoms with Crippen molar-refractivity contribution in [1.82, 2.24) is 4.57 Å². The van der Waals surface area contributed by atoms with Crippen LogP contribution in [0.15, 0.2) is 200 Å². The molecular formula is C50H33N. The van der Waals surface area contributed by atoms with Crippen LogP contribution in [0.25, 0.3) is 93.5 Å². The standard InChI is InChI=1S/C50H33N/c1-3-16-34(17-4-1)35-18-13-20-37(32-35)48-42-25-7-9-27-44(42)49(45-28-10-8-26-43(45)48)38-21-14-19-36(33-38)40-29-15-30-46-41-24-11-12-31-47(41)51(50(40)46)39-22-5-2-6-23-39/h1-33H. The topological polar surface area (TPSA) is 4.93 Å². The maximum atomic E-state index is 2.43. The fourth-order valence-corrected chi connectivity index (χ4v) is 8.17. The Bertz CT molecular complexity index is 2840. The molecule has 0 amide bonds. The van der Waals surface area contributed by atoms with Gasteiger partial charge >= 0.3 is 0 Å². The molecule has 1 heterocycles. The SMILES string of the molecule is c1ccc(-c2cccc(-c3c4ccccc4c(-c4cccc(-c5cccc6c7ccccc7n(-c7ccccc7)c56)c4)c4ccccc34)c2)cc1. The molecule has 1 heteroatoms. The van der Waals surface area contributed by atoms with Crippen LogP contribution in [0.5, 0.6) is 0 Å². The Labute approximate surface area is 297 Å². The van der Waals surface area contributed by atoms with E-state index in [2.05, 4.69) is 205 Å². The van der Waals surface area contributed by atoms with Crippen LogP contribution < -0.4 is 0 Å². The van der Waals surface area contributed by atoms with E-state index in [-0.39, 0.29) is 0 Å². The lowest BCUT2D eigenvalue weighted by molar-refractivity contribution is 1.18. The molecule has 0 aliphatic heterocycles. The molecule has 0 aliphatic carbocycles. The Morgan fingerprint density at radius 2 is 0.706 bits per heavy atom. The highest BCUT2D eigenvalue weighted by molar-refractivity contribution is 6.22. The molecule has 0 saturated heterocycles. The fraction of sp³-hybridized carbons (Fsp3) is 0. The minimum absolute atomic E-state index is 1.16. The van der Waals surface area contributed by atoms with Crippen molar-refractivity contribution in [2.75, 3.05) is 0 Å². The van der Waals surface area contributed by atoms with Gasteiger partial charge in [0.15, 0.2) is 0 Å². The molecule has 10 rings (SSSR count). The highest BCUT2D eigenvalue weighted by atomic mass is 15.0. The number of hydrogen-bond acceptors (Lipinski definition) is 0. The van der Waals surface area contributed by atoms with Gasteiger partial charge in [-0.15, -0.1) is 0 Å². The quantitative estimate of drug-likeness (QED) is 0.164. The molecule has 1 aromatic heterocycles. The lowest BCUT2D eigenvalue weighted by Crippen LogP contribution is -1.95. The summed E-state index contributed by atoms with van der Waals surface area (Å²) in [6, 6.07) is 72.9. The van der Waals surface area contributed by atoms with E-state index in [1.165, 1.54) is 87.9 Å². The third-order valence-electron chi connectivity index (χ3n) is 10.4. The highest BCUT2D eigenvalue weighted by Crippen LogP contribution is 2.45. The molecule has 0 radical (unpaired) electrons. The van der Waals surface area contributed by atoms with Gasteiger partial charge in [0.25, 0.3) is 0 Å². The first-order valence-electron chi connectivity index (χ1n) is 17.6. The second kappa shape index (κ2) is 12.0. The zero-order valence-electron chi connectivity index (χ0n) is 28.0. The van der Waals surface area contributed by atoms with E-state index in [1.807, 2.05) is 0 Å². The van der Waals surface area contributed by atoms with Crippen LogP contribution >= 0.6 is 0 Å². The monoisotopic (exact) mass is 647 g/mol. The lowest BCUT2D eigenvalue weighted by Gasteiger charge is -2.19. The molecule has 0 atom stereocenters. The van der Waals surface area contributed by atoms with Gasteiger partial charge in [-0.1, -0.05) is 170 Å². The van der Waals surface area contributed by atoms with Gasteiger partial charge < -0.3 is 4.57 Å². The predicted molar refractivity (Wildman–Crippen MR) is 218 cm³/mol. The van der Waals surface area contributed by atoms with Crippen LogP contribution in [-0.4, -0.2) is 4.57 Å². The second-order valence-electron chi connectivity index (χ2n) is 13.3. The van der Waals surface area contributed by atoms with Gasteiger partial charge in [0.1, 0.15) is 0 Å². The average Bonchev–Trinajstić information content (AvgIpc) is 3.55. The predicted octanol–water partition coefficient (Wildman–Crippen LogP) is 13.8. The summed E-state index contributed by atoms with van der Waals surface area (Å²) in [4.78, 5) is 0. The molecule has 9 aromatic carbocycles. The van der Waals surface area contributed by atoms with Crippen molar-refractivity contribution in [3.05, 3.63) is 200 Å². The Kier molecular flexibility index (Phi) is 6.89. The first-order valence-corrected chi connectivity index (χ1v) is 17.6. The van der Waals surface area contributed by atoms with Crippen molar-refractivity contribution in [2.45, 2.75) is 0 Å². The molecule has 0 N–H and O–H groups in total. The van der Waals surface area contributed by atoms with Crippen molar-refractivity contribution in [3.63, 3.8) is 0 Å². The second-order valence-corrected chi connectivity index (χ2v) is 13.3. The van der Waals surface area contributed by atoms with Gasteiger partial charge in [-0.25, -0.2) is 0 Å². The van der Waals surface area contributed by atoms with Crippen molar-refractivity contribution in [1.29, 1.82) is 0 Å². The number of fused-ring (bicyclic) bond motifs is 5. The zero-order chi connectivity index (χ0) is 33.7. The van der Waals surface area contributed by atoms with Gasteiger partial charge in [-0.3, -0.25) is 0 Å². The largest absolute Gasteiger partial charge is 0.309 e. The van der Waals surface area contributed by atoms with E-state index < -0.39 is 0 Å². The normalized spacial score (nSPS) is 11.5. The van der Waals surface area contributed by atoms with E-state index >= 15 is 0 Å². The third kappa shape index (κ3) is 4.78. The van der Waals surface area contributed by atoms with Gasteiger partial charge in [0.05, 0.1) is 11.0 Å². The van der Waals surface area contributed by atoms with E-state index in [4.69, 9.17) is 0 Å². The van der Waals surface area contributed by atoms with Gasteiger partial charge in [0.2, 0.25) is 0 Å². The molecule has 0 aliphatic rings. The Hall–Kier alpha value is -6.70. The van der Waals surface area contributed by atoms with Gasteiger partial charge in [-0.05, 0) is 90.8 Å². The van der Waals surface area contributed by atoms with Crippen LogP contribution in [0, 0.1) is 0 Å². The summed E-state index contributed by atoms with van der Waals surface area (Å²) >= 11 is 0. The van der Waals surface area contributed by atoms with Crippen molar-refractivity contribution < 1.29 is 0 Å². The average molecular weight is 648 g/mol. The number of para-hydroxylation sites is 3. The summed E-state index contributed by atoms with van der Waals surface area (Å²) in [5.41, 5.74) is 13.4.